The lowest BCUT2D eigenvalue weighted by Crippen LogP contribution is -2.61. The first-order valence-corrected chi connectivity index (χ1v) is 10.2. The minimum atomic E-state index is -1.78. The first-order valence-electron chi connectivity index (χ1n) is 10.2. The summed E-state index contributed by atoms with van der Waals surface area (Å²) in [6, 6.07) is 6.77. The van der Waals surface area contributed by atoms with Crippen LogP contribution in [0.4, 0.5) is 0 Å². The third kappa shape index (κ3) is 4.61. The van der Waals surface area contributed by atoms with Gasteiger partial charge in [-0.05, 0) is 44.6 Å². The van der Waals surface area contributed by atoms with Crippen molar-refractivity contribution in [1.29, 1.82) is 0 Å². The maximum Gasteiger partial charge on any atom is 0.335 e. The molecule has 0 bridgehead atoms. The number of carbonyl (C=O) groups is 1. The highest BCUT2D eigenvalue weighted by atomic mass is 16.7. The Hall–Kier alpha value is -1.75. The summed E-state index contributed by atoms with van der Waals surface area (Å²) in [4.78, 5) is 13.3. The summed E-state index contributed by atoms with van der Waals surface area (Å²) in [5.74, 6) is -1.17. The number of aliphatic hydroxyl groups excluding tert-OH is 3. The van der Waals surface area contributed by atoms with Crippen LogP contribution in [0.5, 0.6) is 5.75 Å². The van der Waals surface area contributed by atoms with E-state index in [1.807, 2.05) is 25.1 Å². The van der Waals surface area contributed by atoms with Crippen molar-refractivity contribution >= 4 is 5.97 Å². The highest BCUT2D eigenvalue weighted by molar-refractivity contribution is 5.73. The lowest BCUT2D eigenvalue weighted by molar-refractivity contribution is -0.271. The number of carboxylic acids is 1. The van der Waals surface area contributed by atoms with Crippen LogP contribution < -0.4 is 4.74 Å². The SMILES string of the molecule is CN(C)CC1CCCCC1(O)c1cccc(OC2OC(C(=O)O)C(O)C(O)C2O)c1. The quantitative estimate of drug-likeness (QED) is 0.422. The molecule has 9 nitrogen and oxygen atoms in total. The fourth-order valence-electron chi connectivity index (χ4n) is 4.41. The van der Waals surface area contributed by atoms with Crippen LogP contribution in [-0.4, -0.2) is 87.7 Å². The summed E-state index contributed by atoms with van der Waals surface area (Å²) < 4.78 is 10.8. The molecule has 2 fully saturated rings. The molecule has 0 spiro atoms. The number of carboxylic acid groups (broad SMARTS) is 1. The Bertz CT molecular complexity index is 743. The predicted molar refractivity (Wildman–Crippen MR) is 106 cm³/mol. The summed E-state index contributed by atoms with van der Waals surface area (Å²) in [6.07, 6.45) is -4.91. The van der Waals surface area contributed by atoms with E-state index in [0.29, 0.717) is 12.0 Å². The Morgan fingerprint density at radius 2 is 1.93 bits per heavy atom. The minimum absolute atomic E-state index is 0.0429. The molecule has 1 aromatic carbocycles. The van der Waals surface area contributed by atoms with Gasteiger partial charge in [-0.25, -0.2) is 4.79 Å². The molecule has 1 saturated heterocycles. The van der Waals surface area contributed by atoms with Crippen molar-refractivity contribution in [3.8, 4) is 5.75 Å². The van der Waals surface area contributed by atoms with Gasteiger partial charge < -0.3 is 39.9 Å². The topological polar surface area (TPSA) is 140 Å². The zero-order valence-electron chi connectivity index (χ0n) is 17.2. The summed E-state index contributed by atoms with van der Waals surface area (Å²) in [5, 5.41) is 50.6. The number of hydrogen-bond acceptors (Lipinski definition) is 8. The molecule has 1 saturated carbocycles. The van der Waals surface area contributed by atoms with Gasteiger partial charge in [0.15, 0.2) is 6.10 Å². The fraction of sp³-hybridized carbons (Fsp3) is 0.667. The number of aliphatic carboxylic acids is 1. The zero-order chi connectivity index (χ0) is 22.1. The van der Waals surface area contributed by atoms with E-state index in [4.69, 9.17) is 9.47 Å². The van der Waals surface area contributed by atoms with Crippen LogP contribution in [0.25, 0.3) is 0 Å². The molecule has 168 valence electrons. The third-order valence-corrected chi connectivity index (χ3v) is 6.02. The van der Waals surface area contributed by atoms with Crippen LogP contribution in [0.3, 0.4) is 0 Å². The number of rotatable bonds is 6. The van der Waals surface area contributed by atoms with Gasteiger partial charge in [-0.15, -0.1) is 0 Å². The van der Waals surface area contributed by atoms with E-state index >= 15 is 0 Å². The summed E-state index contributed by atoms with van der Waals surface area (Å²) in [5.41, 5.74) is -0.361. The van der Waals surface area contributed by atoms with Crippen molar-refractivity contribution in [1.82, 2.24) is 4.90 Å². The molecule has 7 atom stereocenters. The van der Waals surface area contributed by atoms with E-state index in [0.717, 1.165) is 25.8 Å². The van der Waals surface area contributed by atoms with Crippen LogP contribution in [0, 0.1) is 5.92 Å². The van der Waals surface area contributed by atoms with Gasteiger partial charge in [-0.3, -0.25) is 0 Å². The average molecular weight is 425 g/mol. The van der Waals surface area contributed by atoms with Crippen LogP contribution in [0.15, 0.2) is 24.3 Å². The van der Waals surface area contributed by atoms with E-state index in [-0.39, 0.29) is 11.7 Å². The summed E-state index contributed by atoms with van der Waals surface area (Å²) >= 11 is 0. The maximum atomic E-state index is 11.5. The molecular formula is C21H31NO8. The van der Waals surface area contributed by atoms with Crippen LogP contribution >= 0.6 is 0 Å². The summed E-state index contributed by atoms with van der Waals surface area (Å²) in [6.45, 7) is 0.733. The Balaban J connectivity index is 1.82. The Labute approximate surface area is 175 Å². The molecule has 3 rings (SSSR count). The standard InChI is InChI=1S/C21H31NO8/c1-22(2)11-13-6-3-4-9-21(13,28)12-7-5-8-14(10-12)29-20-17(25)15(23)16(24)18(30-20)19(26)27/h5,7-8,10,13,15-18,20,23-25,28H,3-4,6,9,11H2,1-2H3,(H,26,27). The molecule has 1 heterocycles. The lowest BCUT2D eigenvalue weighted by Gasteiger charge is -2.42. The normalized spacial score (nSPS) is 37.2. The summed E-state index contributed by atoms with van der Waals surface area (Å²) in [7, 11) is 3.93. The van der Waals surface area contributed by atoms with Gasteiger partial charge in [0.1, 0.15) is 24.1 Å². The van der Waals surface area contributed by atoms with Crippen LogP contribution in [0.1, 0.15) is 31.2 Å². The van der Waals surface area contributed by atoms with E-state index in [2.05, 4.69) is 0 Å². The van der Waals surface area contributed by atoms with Gasteiger partial charge in [0, 0.05) is 12.5 Å². The molecule has 1 aliphatic heterocycles. The van der Waals surface area contributed by atoms with E-state index in [1.165, 1.54) is 0 Å². The predicted octanol–water partition coefficient (Wildman–Crippen LogP) is -0.103. The van der Waals surface area contributed by atoms with Crippen molar-refractivity contribution in [3.05, 3.63) is 29.8 Å². The molecule has 7 unspecified atom stereocenters. The second kappa shape index (κ2) is 9.17. The Morgan fingerprint density at radius 1 is 1.20 bits per heavy atom. The number of aliphatic hydroxyl groups is 4. The van der Waals surface area contributed by atoms with Crippen molar-refractivity contribution < 1.29 is 39.8 Å². The Morgan fingerprint density at radius 3 is 2.60 bits per heavy atom. The molecule has 9 heteroatoms. The number of hydrogen-bond donors (Lipinski definition) is 5. The largest absolute Gasteiger partial charge is 0.479 e. The van der Waals surface area contributed by atoms with Crippen molar-refractivity contribution in [3.63, 3.8) is 0 Å². The first kappa shape index (κ1) is 22.9. The van der Waals surface area contributed by atoms with Gasteiger partial charge in [0.2, 0.25) is 6.29 Å². The lowest BCUT2D eigenvalue weighted by atomic mass is 9.71. The molecule has 5 N–H and O–H groups in total. The maximum absolute atomic E-state index is 11.5. The highest BCUT2D eigenvalue weighted by Crippen LogP contribution is 2.43. The number of ether oxygens (including phenoxy) is 2. The van der Waals surface area contributed by atoms with Gasteiger partial charge >= 0.3 is 5.97 Å². The second-order valence-electron chi connectivity index (χ2n) is 8.51. The molecule has 0 aromatic heterocycles. The molecule has 1 aromatic rings. The van der Waals surface area contributed by atoms with Crippen molar-refractivity contribution in [2.75, 3.05) is 20.6 Å². The zero-order valence-corrected chi connectivity index (χ0v) is 17.2. The second-order valence-corrected chi connectivity index (χ2v) is 8.51. The molecule has 1 aliphatic carbocycles. The van der Waals surface area contributed by atoms with E-state index < -0.39 is 42.3 Å². The molecule has 0 amide bonds. The molecule has 0 radical (unpaired) electrons. The number of benzene rings is 1. The van der Waals surface area contributed by atoms with Gasteiger partial charge in [0.05, 0.1) is 5.60 Å². The Kier molecular flexibility index (Phi) is 7.01. The van der Waals surface area contributed by atoms with Gasteiger partial charge in [-0.1, -0.05) is 25.0 Å². The highest BCUT2D eigenvalue weighted by Gasteiger charge is 2.48. The van der Waals surface area contributed by atoms with E-state index in [9.17, 15) is 30.3 Å². The number of nitrogens with zero attached hydrogens (tertiary/aromatic N) is 1. The third-order valence-electron chi connectivity index (χ3n) is 6.02. The van der Waals surface area contributed by atoms with Crippen molar-refractivity contribution in [2.24, 2.45) is 5.92 Å². The molecule has 2 aliphatic rings. The molecule has 30 heavy (non-hydrogen) atoms. The minimum Gasteiger partial charge on any atom is -0.479 e. The monoisotopic (exact) mass is 425 g/mol. The average Bonchev–Trinajstić information content (AvgIpc) is 2.70. The van der Waals surface area contributed by atoms with Gasteiger partial charge in [-0.2, -0.15) is 0 Å². The van der Waals surface area contributed by atoms with Gasteiger partial charge in [0.25, 0.3) is 0 Å². The molecular weight excluding hydrogens is 394 g/mol. The first-order chi connectivity index (χ1) is 14.1. The van der Waals surface area contributed by atoms with Crippen LogP contribution in [0.2, 0.25) is 0 Å². The van der Waals surface area contributed by atoms with Crippen LogP contribution in [-0.2, 0) is 15.1 Å². The smallest absolute Gasteiger partial charge is 0.335 e. The fourth-order valence-corrected chi connectivity index (χ4v) is 4.41. The van der Waals surface area contributed by atoms with E-state index in [1.54, 1.807) is 18.2 Å². The van der Waals surface area contributed by atoms with Crippen molar-refractivity contribution in [2.45, 2.75) is 62.0 Å².